The van der Waals surface area contributed by atoms with Gasteiger partial charge in [0.05, 0.1) is 5.69 Å². The number of nitrogens with one attached hydrogen (secondary N) is 2. The van der Waals surface area contributed by atoms with E-state index >= 15 is 0 Å². The number of benzene rings is 3. The molecule has 3 aromatic carbocycles. The van der Waals surface area contributed by atoms with Crippen LogP contribution in [0.1, 0.15) is 41.3 Å². The van der Waals surface area contributed by atoms with Crippen LogP contribution in [0.3, 0.4) is 0 Å². The molecule has 1 aliphatic rings. The van der Waals surface area contributed by atoms with Gasteiger partial charge in [0, 0.05) is 20.5 Å². The van der Waals surface area contributed by atoms with Gasteiger partial charge in [0.15, 0.2) is 0 Å². The van der Waals surface area contributed by atoms with Gasteiger partial charge in [-0.05, 0) is 95.1 Å². The maximum absolute atomic E-state index is 13.1. The Labute approximate surface area is 222 Å². The molecule has 0 aromatic heterocycles. The molecule has 0 radical (unpaired) electrons. The Bertz CT molecular complexity index is 1370. The maximum atomic E-state index is 13.1. The molecular formula is C27H23ClIN3O3. The highest BCUT2D eigenvalue weighted by Gasteiger charge is 2.39. The van der Waals surface area contributed by atoms with Crippen molar-refractivity contribution in [3.05, 3.63) is 97.7 Å². The fourth-order valence-corrected chi connectivity index (χ4v) is 4.56. The van der Waals surface area contributed by atoms with E-state index in [-0.39, 0.29) is 16.6 Å². The number of imide groups is 1. The number of nitrogens with zero attached hydrogens (tertiary/aromatic N) is 1. The average Bonchev–Trinajstić information content (AvgIpc) is 3.04. The molecule has 0 unspecified atom stereocenters. The van der Waals surface area contributed by atoms with Crippen molar-refractivity contribution < 1.29 is 14.4 Å². The molecule has 1 heterocycles. The van der Waals surface area contributed by atoms with Crippen LogP contribution in [-0.4, -0.2) is 17.7 Å². The van der Waals surface area contributed by atoms with Crippen LogP contribution in [0, 0.1) is 10.5 Å². The van der Waals surface area contributed by atoms with E-state index < -0.39 is 11.8 Å². The van der Waals surface area contributed by atoms with Crippen molar-refractivity contribution in [2.24, 2.45) is 0 Å². The van der Waals surface area contributed by atoms with E-state index in [2.05, 4.69) is 47.1 Å². The zero-order valence-electron chi connectivity index (χ0n) is 19.4. The van der Waals surface area contributed by atoms with E-state index in [1.165, 1.54) is 0 Å². The van der Waals surface area contributed by atoms with E-state index in [1.54, 1.807) is 36.4 Å². The second-order valence-corrected chi connectivity index (χ2v) is 10.1. The van der Waals surface area contributed by atoms with Gasteiger partial charge in [0.2, 0.25) is 0 Å². The molecule has 3 amide bonds. The Morgan fingerprint density at radius 2 is 1.69 bits per heavy atom. The Kier molecular flexibility index (Phi) is 7.28. The number of carbonyl (C=O) groups excluding carboxylic acids is 3. The predicted octanol–water partition coefficient (Wildman–Crippen LogP) is 6.41. The molecule has 0 bridgehead atoms. The van der Waals surface area contributed by atoms with Crippen molar-refractivity contribution in [1.29, 1.82) is 0 Å². The van der Waals surface area contributed by atoms with Crippen LogP contribution >= 0.6 is 34.2 Å². The standard InChI is InChI=1S/C27H23ClIN3O3/c1-15(2)17-7-10-21(11-8-17)32-26(34)23(28)24(27(32)35)30-20-6-4-5-18(14-20)25(33)31-22-12-9-19(29)13-16(22)3/h4-15,30H,1-3H3,(H,31,33). The zero-order chi connectivity index (χ0) is 25.3. The van der Waals surface area contributed by atoms with Crippen LogP contribution in [0.15, 0.2) is 77.5 Å². The summed E-state index contributed by atoms with van der Waals surface area (Å²) in [5, 5.41) is 5.63. The molecule has 4 rings (SSSR count). The van der Waals surface area contributed by atoms with Crippen molar-refractivity contribution in [3.63, 3.8) is 0 Å². The zero-order valence-corrected chi connectivity index (χ0v) is 22.3. The monoisotopic (exact) mass is 599 g/mol. The minimum Gasteiger partial charge on any atom is -0.350 e. The van der Waals surface area contributed by atoms with Crippen molar-refractivity contribution in [2.45, 2.75) is 26.7 Å². The molecule has 35 heavy (non-hydrogen) atoms. The molecule has 8 heteroatoms. The first kappa shape index (κ1) is 24.9. The van der Waals surface area contributed by atoms with E-state index in [1.807, 2.05) is 37.3 Å². The van der Waals surface area contributed by atoms with Crippen molar-refractivity contribution in [3.8, 4) is 0 Å². The molecule has 0 fully saturated rings. The summed E-state index contributed by atoms with van der Waals surface area (Å²) >= 11 is 8.48. The maximum Gasteiger partial charge on any atom is 0.283 e. The Balaban J connectivity index is 1.53. The van der Waals surface area contributed by atoms with Crippen LogP contribution < -0.4 is 15.5 Å². The lowest BCUT2D eigenvalue weighted by Gasteiger charge is -2.16. The minimum atomic E-state index is -0.598. The second kappa shape index (κ2) is 10.2. The molecule has 0 spiro atoms. The molecule has 2 N–H and O–H groups in total. The Morgan fingerprint density at radius 1 is 0.971 bits per heavy atom. The summed E-state index contributed by atoms with van der Waals surface area (Å²) in [6.45, 7) is 6.06. The van der Waals surface area contributed by atoms with Crippen LogP contribution in [0.2, 0.25) is 0 Å². The lowest BCUT2D eigenvalue weighted by Crippen LogP contribution is -2.32. The van der Waals surface area contributed by atoms with Crippen LogP contribution in [0.5, 0.6) is 0 Å². The number of anilines is 3. The summed E-state index contributed by atoms with van der Waals surface area (Å²) in [5.41, 5.74) is 4.03. The van der Waals surface area contributed by atoms with Crippen LogP contribution in [0.25, 0.3) is 0 Å². The average molecular weight is 600 g/mol. The normalized spacial score (nSPS) is 13.6. The molecule has 3 aromatic rings. The summed E-state index contributed by atoms with van der Waals surface area (Å²) in [6, 6.07) is 19.6. The molecule has 0 atom stereocenters. The lowest BCUT2D eigenvalue weighted by atomic mass is 10.0. The van der Waals surface area contributed by atoms with E-state index in [9.17, 15) is 14.4 Å². The quantitative estimate of drug-likeness (QED) is 0.254. The Hall–Kier alpha value is -3.17. The largest absolute Gasteiger partial charge is 0.350 e. The molecule has 0 saturated heterocycles. The molecule has 6 nitrogen and oxygen atoms in total. The third-order valence-corrected chi connectivity index (χ3v) is 6.70. The van der Waals surface area contributed by atoms with Crippen molar-refractivity contribution in [2.75, 3.05) is 15.5 Å². The van der Waals surface area contributed by atoms with Gasteiger partial charge in [-0.15, -0.1) is 0 Å². The fourth-order valence-electron chi connectivity index (χ4n) is 3.70. The third-order valence-electron chi connectivity index (χ3n) is 5.68. The lowest BCUT2D eigenvalue weighted by molar-refractivity contribution is -0.120. The summed E-state index contributed by atoms with van der Waals surface area (Å²) in [4.78, 5) is 39.7. The van der Waals surface area contributed by atoms with Crippen LogP contribution in [-0.2, 0) is 9.59 Å². The SMILES string of the molecule is Cc1cc(I)ccc1NC(=O)c1cccc(NC2=C(Cl)C(=O)N(c3ccc(C(C)C)cc3)C2=O)c1. The van der Waals surface area contributed by atoms with Crippen molar-refractivity contribution in [1.82, 2.24) is 0 Å². The molecule has 178 valence electrons. The number of hydrogen-bond donors (Lipinski definition) is 2. The Morgan fingerprint density at radius 3 is 2.34 bits per heavy atom. The van der Waals surface area contributed by atoms with E-state index in [0.29, 0.717) is 22.9 Å². The summed E-state index contributed by atoms with van der Waals surface area (Å²) in [5.74, 6) is -1.12. The van der Waals surface area contributed by atoms with Gasteiger partial charge in [-0.25, -0.2) is 4.90 Å². The van der Waals surface area contributed by atoms with Gasteiger partial charge < -0.3 is 10.6 Å². The van der Waals surface area contributed by atoms with E-state index in [4.69, 9.17) is 11.6 Å². The minimum absolute atomic E-state index is 0.0318. The smallest absolute Gasteiger partial charge is 0.283 e. The molecule has 0 saturated carbocycles. The molecule has 1 aliphatic heterocycles. The van der Waals surface area contributed by atoms with E-state index in [0.717, 1.165) is 25.3 Å². The fraction of sp³-hybridized carbons (Fsp3) is 0.148. The second-order valence-electron chi connectivity index (χ2n) is 8.50. The number of aryl methyl sites for hydroxylation is 1. The highest BCUT2D eigenvalue weighted by molar-refractivity contribution is 14.1. The van der Waals surface area contributed by atoms with Gasteiger partial charge in [0.25, 0.3) is 17.7 Å². The van der Waals surface area contributed by atoms with Crippen molar-refractivity contribution >= 4 is 69.0 Å². The van der Waals surface area contributed by atoms with Gasteiger partial charge in [-0.3, -0.25) is 14.4 Å². The number of rotatable bonds is 6. The molecular weight excluding hydrogens is 577 g/mol. The highest BCUT2D eigenvalue weighted by Crippen LogP contribution is 2.31. The molecule has 0 aliphatic carbocycles. The number of carbonyl (C=O) groups is 3. The first-order valence-corrected chi connectivity index (χ1v) is 12.4. The summed E-state index contributed by atoms with van der Waals surface area (Å²) < 4.78 is 1.08. The summed E-state index contributed by atoms with van der Waals surface area (Å²) in [6.07, 6.45) is 0. The third kappa shape index (κ3) is 5.26. The highest BCUT2D eigenvalue weighted by atomic mass is 127. The first-order valence-electron chi connectivity index (χ1n) is 11.0. The predicted molar refractivity (Wildman–Crippen MR) is 148 cm³/mol. The van der Waals surface area contributed by atoms with Gasteiger partial charge in [-0.1, -0.05) is 43.6 Å². The number of hydrogen-bond acceptors (Lipinski definition) is 4. The van der Waals surface area contributed by atoms with Gasteiger partial charge in [0.1, 0.15) is 10.7 Å². The topological polar surface area (TPSA) is 78.5 Å². The van der Waals surface area contributed by atoms with Gasteiger partial charge in [-0.2, -0.15) is 0 Å². The number of halogens is 2. The number of amides is 3. The van der Waals surface area contributed by atoms with Crippen LogP contribution in [0.4, 0.5) is 17.1 Å². The first-order chi connectivity index (χ1) is 16.7. The van der Waals surface area contributed by atoms with Gasteiger partial charge >= 0.3 is 0 Å². The summed E-state index contributed by atoms with van der Waals surface area (Å²) in [7, 11) is 0.